The van der Waals surface area contributed by atoms with Crippen molar-refractivity contribution in [1.29, 1.82) is 0 Å². The van der Waals surface area contributed by atoms with Crippen LogP contribution in [0.25, 0.3) is 0 Å². The summed E-state index contributed by atoms with van der Waals surface area (Å²) in [6, 6.07) is 20.0. The fourth-order valence-corrected chi connectivity index (χ4v) is 4.05. The zero-order valence-corrected chi connectivity index (χ0v) is 19.9. The molecular formula is C25H26Cl3NO2. The Morgan fingerprint density at radius 3 is 2.26 bits per heavy atom. The minimum atomic E-state index is 0.197. The van der Waals surface area contributed by atoms with E-state index in [2.05, 4.69) is 36.5 Å². The lowest BCUT2D eigenvalue weighted by molar-refractivity contribution is 0.284. The number of benzene rings is 3. The molecule has 0 bridgehead atoms. The van der Waals surface area contributed by atoms with Gasteiger partial charge in [-0.25, -0.2) is 0 Å². The monoisotopic (exact) mass is 477 g/mol. The molecule has 31 heavy (non-hydrogen) atoms. The molecule has 1 atom stereocenters. The van der Waals surface area contributed by atoms with Crippen LogP contribution in [0.5, 0.6) is 11.5 Å². The molecule has 0 radical (unpaired) electrons. The van der Waals surface area contributed by atoms with E-state index in [0.717, 1.165) is 18.4 Å². The fraction of sp³-hybridized carbons (Fsp3) is 0.280. The summed E-state index contributed by atoms with van der Waals surface area (Å²) in [6.07, 6.45) is 2.09. The van der Waals surface area contributed by atoms with Gasteiger partial charge < -0.3 is 14.8 Å². The molecule has 0 amide bonds. The summed E-state index contributed by atoms with van der Waals surface area (Å²) in [5, 5.41) is 5.13. The van der Waals surface area contributed by atoms with E-state index in [4.69, 9.17) is 44.3 Å². The molecule has 3 nitrogen and oxygen atoms in total. The summed E-state index contributed by atoms with van der Waals surface area (Å²) in [4.78, 5) is 0. The predicted octanol–water partition coefficient (Wildman–Crippen LogP) is 7.35. The molecule has 1 N–H and O–H groups in total. The van der Waals surface area contributed by atoms with E-state index in [1.54, 1.807) is 25.3 Å². The standard InChI is InChI=1S/C25H26Cl3NO2/c1-17(11-12-18-7-4-3-5-8-18)29-15-19-13-23(28)25(24(14-19)30-2)31-16-20-21(26)9-6-10-22(20)27/h3-10,13-14,17,29H,11-12,15-16H2,1-2H3. The van der Waals surface area contributed by atoms with Gasteiger partial charge >= 0.3 is 0 Å². The molecule has 0 aliphatic carbocycles. The summed E-state index contributed by atoms with van der Waals surface area (Å²) in [5.74, 6) is 1.05. The first-order valence-corrected chi connectivity index (χ1v) is 11.3. The second-order valence-corrected chi connectivity index (χ2v) is 8.63. The molecule has 0 aromatic heterocycles. The van der Waals surface area contributed by atoms with Crippen molar-refractivity contribution in [2.75, 3.05) is 7.11 Å². The molecular weight excluding hydrogens is 453 g/mol. The first-order valence-electron chi connectivity index (χ1n) is 10.2. The van der Waals surface area contributed by atoms with Crippen LogP contribution in [-0.4, -0.2) is 13.2 Å². The molecule has 164 valence electrons. The summed E-state index contributed by atoms with van der Waals surface area (Å²) >= 11 is 19.0. The van der Waals surface area contributed by atoms with Gasteiger partial charge in [0, 0.05) is 28.2 Å². The number of rotatable bonds is 10. The van der Waals surface area contributed by atoms with Crippen LogP contribution in [0.3, 0.4) is 0 Å². The van der Waals surface area contributed by atoms with Gasteiger partial charge in [0.15, 0.2) is 11.5 Å². The van der Waals surface area contributed by atoms with Crippen LogP contribution < -0.4 is 14.8 Å². The van der Waals surface area contributed by atoms with E-state index in [0.29, 0.717) is 44.7 Å². The topological polar surface area (TPSA) is 30.5 Å². The van der Waals surface area contributed by atoms with Crippen LogP contribution in [0.4, 0.5) is 0 Å². The molecule has 0 spiro atoms. The Kier molecular flexibility index (Phi) is 8.91. The second-order valence-electron chi connectivity index (χ2n) is 7.40. The minimum absolute atomic E-state index is 0.197. The van der Waals surface area contributed by atoms with Crippen LogP contribution in [0.2, 0.25) is 15.1 Å². The van der Waals surface area contributed by atoms with E-state index in [-0.39, 0.29) is 6.61 Å². The summed E-state index contributed by atoms with van der Waals surface area (Å²) in [5.41, 5.74) is 3.08. The SMILES string of the molecule is COc1cc(CNC(C)CCc2ccccc2)cc(Cl)c1OCc1c(Cl)cccc1Cl. The quantitative estimate of drug-likeness (QED) is 0.330. The highest BCUT2D eigenvalue weighted by molar-refractivity contribution is 6.36. The van der Waals surface area contributed by atoms with Gasteiger partial charge in [-0.05, 0) is 55.2 Å². The van der Waals surface area contributed by atoms with E-state index >= 15 is 0 Å². The maximum atomic E-state index is 6.52. The lowest BCUT2D eigenvalue weighted by Crippen LogP contribution is -2.26. The van der Waals surface area contributed by atoms with Gasteiger partial charge in [-0.3, -0.25) is 0 Å². The van der Waals surface area contributed by atoms with E-state index in [1.165, 1.54) is 5.56 Å². The average Bonchev–Trinajstić information content (AvgIpc) is 2.77. The van der Waals surface area contributed by atoms with Crippen molar-refractivity contribution in [3.8, 4) is 11.5 Å². The number of ether oxygens (including phenoxy) is 2. The normalized spacial score (nSPS) is 11.9. The largest absolute Gasteiger partial charge is 0.493 e. The first-order chi connectivity index (χ1) is 15.0. The van der Waals surface area contributed by atoms with Crippen molar-refractivity contribution in [3.63, 3.8) is 0 Å². The summed E-state index contributed by atoms with van der Waals surface area (Å²) < 4.78 is 11.5. The summed E-state index contributed by atoms with van der Waals surface area (Å²) in [6.45, 7) is 3.07. The third-order valence-electron chi connectivity index (χ3n) is 5.08. The molecule has 3 rings (SSSR count). The van der Waals surface area contributed by atoms with Crippen molar-refractivity contribution in [1.82, 2.24) is 5.32 Å². The first kappa shape index (κ1) is 23.7. The molecule has 0 saturated heterocycles. The van der Waals surface area contributed by atoms with E-state index < -0.39 is 0 Å². The Morgan fingerprint density at radius 1 is 0.871 bits per heavy atom. The number of halogens is 3. The smallest absolute Gasteiger partial charge is 0.180 e. The number of aryl methyl sites for hydroxylation is 1. The van der Waals surface area contributed by atoms with Crippen LogP contribution in [0.1, 0.15) is 30.0 Å². The number of hydrogen-bond acceptors (Lipinski definition) is 3. The van der Waals surface area contributed by atoms with Crippen LogP contribution >= 0.6 is 34.8 Å². The molecule has 6 heteroatoms. The van der Waals surface area contributed by atoms with Gasteiger partial charge in [0.2, 0.25) is 0 Å². The highest BCUT2D eigenvalue weighted by Gasteiger charge is 2.15. The number of hydrogen-bond donors (Lipinski definition) is 1. The van der Waals surface area contributed by atoms with Gasteiger partial charge in [-0.1, -0.05) is 71.2 Å². The minimum Gasteiger partial charge on any atom is -0.493 e. The van der Waals surface area contributed by atoms with Crippen molar-refractivity contribution in [2.45, 2.75) is 39.0 Å². The van der Waals surface area contributed by atoms with Crippen LogP contribution in [0.15, 0.2) is 60.7 Å². The Balaban J connectivity index is 1.61. The lowest BCUT2D eigenvalue weighted by atomic mass is 10.1. The fourth-order valence-electron chi connectivity index (χ4n) is 3.25. The van der Waals surface area contributed by atoms with Crippen molar-refractivity contribution in [3.05, 3.63) is 92.4 Å². The molecule has 0 aliphatic heterocycles. The highest BCUT2D eigenvalue weighted by Crippen LogP contribution is 2.38. The van der Waals surface area contributed by atoms with Crippen molar-refractivity contribution >= 4 is 34.8 Å². The van der Waals surface area contributed by atoms with Crippen molar-refractivity contribution < 1.29 is 9.47 Å². The van der Waals surface area contributed by atoms with Gasteiger partial charge in [-0.15, -0.1) is 0 Å². The van der Waals surface area contributed by atoms with Crippen LogP contribution in [0, 0.1) is 0 Å². The molecule has 0 aliphatic rings. The highest BCUT2D eigenvalue weighted by atomic mass is 35.5. The Hall–Kier alpha value is -1.91. The molecule has 1 unspecified atom stereocenters. The van der Waals surface area contributed by atoms with Gasteiger partial charge in [-0.2, -0.15) is 0 Å². The van der Waals surface area contributed by atoms with Gasteiger partial charge in [0.25, 0.3) is 0 Å². The molecule has 0 fully saturated rings. The Morgan fingerprint density at radius 2 is 1.58 bits per heavy atom. The predicted molar refractivity (Wildman–Crippen MR) is 130 cm³/mol. The number of methoxy groups -OCH3 is 1. The number of nitrogens with one attached hydrogen (secondary N) is 1. The van der Waals surface area contributed by atoms with E-state index in [9.17, 15) is 0 Å². The third kappa shape index (κ3) is 6.78. The second kappa shape index (κ2) is 11.6. The van der Waals surface area contributed by atoms with E-state index in [1.807, 2.05) is 18.2 Å². The molecule has 0 saturated carbocycles. The zero-order chi connectivity index (χ0) is 22.2. The average molecular weight is 479 g/mol. The lowest BCUT2D eigenvalue weighted by Gasteiger charge is -2.17. The van der Waals surface area contributed by atoms with Gasteiger partial charge in [0.1, 0.15) is 6.61 Å². The maximum Gasteiger partial charge on any atom is 0.180 e. The molecule has 3 aromatic rings. The Labute approximate surface area is 199 Å². The Bertz CT molecular complexity index is 975. The third-order valence-corrected chi connectivity index (χ3v) is 6.06. The van der Waals surface area contributed by atoms with Gasteiger partial charge in [0.05, 0.1) is 12.1 Å². The van der Waals surface area contributed by atoms with Crippen LogP contribution in [-0.2, 0) is 19.6 Å². The maximum absolute atomic E-state index is 6.52. The zero-order valence-electron chi connectivity index (χ0n) is 17.6. The van der Waals surface area contributed by atoms with Crippen molar-refractivity contribution in [2.24, 2.45) is 0 Å². The molecule has 0 heterocycles. The molecule has 3 aromatic carbocycles. The summed E-state index contributed by atoms with van der Waals surface area (Å²) in [7, 11) is 1.60.